The Kier molecular flexibility index (Phi) is 8.38. The quantitative estimate of drug-likeness (QED) is 0.182. The maximum atomic E-state index is 14.5. The van der Waals surface area contributed by atoms with Crippen LogP contribution in [0.4, 0.5) is 4.39 Å². The minimum atomic E-state index is -1.69. The van der Waals surface area contributed by atoms with E-state index in [1.54, 1.807) is 10.4 Å². The summed E-state index contributed by atoms with van der Waals surface area (Å²) in [5.74, 6) is -1.04. The summed E-state index contributed by atoms with van der Waals surface area (Å²) in [5, 5.41) is 14.6. The number of benzene rings is 2. The van der Waals surface area contributed by atoms with Gasteiger partial charge in [-0.3, -0.25) is 9.10 Å². The van der Waals surface area contributed by atoms with E-state index in [4.69, 9.17) is 0 Å². The minimum absolute atomic E-state index is 0.143. The predicted molar refractivity (Wildman–Crippen MR) is 176 cm³/mol. The van der Waals surface area contributed by atoms with Crippen molar-refractivity contribution in [2.24, 2.45) is 10.6 Å². The molecule has 4 aliphatic rings. The van der Waals surface area contributed by atoms with Crippen LogP contribution in [0.3, 0.4) is 0 Å². The SMILES string of the molecule is C=C/C(F)=C\C=C1/CC(c2ccsc2C#N)=C(c2cccc(C34CCC(C(=O)N=O)(CC3)CC4)c2)N1S(=O)c1ccc(C)cc1. The Morgan fingerprint density at radius 2 is 1.82 bits per heavy atom. The highest BCUT2D eigenvalue weighted by Gasteiger charge is 2.53. The number of rotatable bonds is 8. The zero-order valence-corrected chi connectivity index (χ0v) is 26.6. The molecule has 3 aromatic rings. The molecule has 2 heterocycles. The zero-order valence-electron chi connectivity index (χ0n) is 24.9. The molecule has 0 spiro atoms. The highest BCUT2D eigenvalue weighted by molar-refractivity contribution is 7.83. The van der Waals surface area contributed by atoms with E-state index < -0.39 is 28.1 Å². The molecule has 1 aromatic heterocycles. The lowest BCUT2D eigenvalue weighted by atomic mass is 9.51. The number of carbonyl (C=O) groups excluding carboxylic acids is 1. The van der Waals surface area contributed by atoms with Crippen LogP contribution in [0.1, 0.15) is 72.1 Å². The van der Waals surface area contributed by atoms with Crippen LogP contribution in [-0.4, -0.2) is 14.4 Å². The monoisotopic (exact) mass is 637 g/mol. The van der Waals surface area contributed by atoms with Crippen LogP contribution >= 0.6 is 11.3 Å². The molecule has 1 atom stereocenters. The van der Waals surface area contributed by atoms with Crippen molar-refractivity contribution >= 4 is 39.5 Å². The van der Waals surface area contributed by atoms with Gasteiger partial charge >= 0.3 is 0 Å². The van der Waals surface area contributed by atoms with E-state index in [2.05, 4.69) is 30.0 Å². The van der Waals surface area contributed by atoms with Crippen LogP contribution in [0.5, 0.6) is 0 Å². The summed E-state index contributed by atoms with van der Waals surface area (Å²) in [6.45, 7) is 5.49. The first kappa shape index (κ1) is 30.8. The smallest absolute Gasteiger partial charge is 0.268 e. The van der Waals surface area contributed by atoms with Crippen LogP contribution in [0.15, 0.2) is 106 Å². The second-order valence-electron chi connectivity index (χ2n) is 12.1. The Labute approximate surface area is 268 Å². The molecule has 0 N–H and O–H groups in total. The molecule has 2 bridgehead atoms. The molecule has 0 radical (unpaired) electrons. The highest BCUT2D eigenvalue weighted by Crippen LogP contribution is 2.58. The van der Waals surface area contributed by atoms with Crippen molar-refractivity contribution < 1.29 is 13.4 Å². The first-order valence-electron chi connectivity index (χ1n) is 14.9. The topological polar surface area (TPSA) is 90.6 Å². The Bertz CT molecular complexity index is 1840. The predicted octanol–water partition coefficient (Wildman–Crippen LogP) is 9.03. The van der Waals surface area contributed by atoms with Gasteiger partial charge in [0.15, 0.2) is 11.0 Å². The van der Waals surface area contributed by atoms with Gasteiger partial charge in [0.25, 0.3) is 5.91 Å². The molecular weight excluding hydrogens is 606 g/mol. The molecule has 1 unspecified atom stereocenters. The Morgan fingerprint density at radius 3 is 2.47 bits per heavy atom. The van der Waals surface area contributed by atoms with Gasteiger partial charge in [0.2, 0.25) is 0 Å². The molecule has 9 heteroatoms. The second-order valence-corrected chi connectivity index (χ2v) is 14.3. The fourth-order valence-electron chi connectivity index (χ4n) is 7.10. The van der Waals surface area contributed by atoms with Gasteiger partial charge in [-0.1, -0.05) is 42.5 Å². The third-order valence-electron chi connectivity index (χ3n) is 9.75. The normalized spacial score (nSPS) is 24.5. The first-order valence-corrected chi connectivity index (χ1v) is 16.9. The summed E-state index contributed by atoms with van der Waals surface area (Å²) in [7, 11) is -1.69. The molecule has 0 saturated heterocycles. The maximum Gasteiger partial charge on any atom is 0.292 e. The molecule has 228 valence electrons. The van der Waals surface area contributed by atoms with Crippen LogP contribution < -0.4 is 0 Å². The fraction of sp³-hybridized carbons (Fsp3) is 0.278. The Balaban J connectivity index is 1.51. The van der Waals surface area contributed by atoms with Crippen LogP contribution in [-0.2, 0) is 21.2 Å². The molecule has 7 rings (SSSR count). The van der Waals surface area contributed by atoms with Gasteiger partial charge in [0.1, 0.15) is 16.8 Å². The number of amides is 1. The van der Waals surface area contributed by atoms with Crippen molar-refractivity contribution in [3.63, 3.8) is 0 Å². The Hall–Kier alpha value is -4.26. The number of hydrogen-bond acceptors (Lipinski definition) is 5. The summed E-state index contributed by atoms with van der Waals surface area (Å²) in [4.78, 5) is 24.7. The van der Waals surface area contributed by atoms with Gasteiger partial charge in [0, 0.05) is 22.9 Å². The molecule has 6 nitrogen and oxygen atoms in total. The number of nitroso groups, excluding NO2 is 1. The number of aryl methyl sites for hydroxylation is 1. The molecular formula is C36H32FN3O3S2. The molecule has 1 amide bonds. The molecule has 3 fully saturated rings. The number of nitriles is 1. The van der Waals surface area contributed by atoms with Crippen molar-refractivity contribution in [3.8, 4) is 6.07 Å². The number of thiophene rings is 1. The van der Waals surface area contributed by atoms with E-state index in [1.165, 1.54) is 17.4 Å². The number of halogens is 1. The summed E-state index contributed by atoms with van der Waals surface area (Å²) in [5.41, 5.74) is 5.20. The summed E-state index contributed by atoms with van der Waals surface area (Å²) in [6, 6.07) is 20.0. The van der Waals surface area contributed by atoms with E-state index in [1.807, 2.05) is 54.8 Å². The Morgan fingerprint density at radius 1 is 1.11 bits per heavy atom. The minimum Gasteiger partial charge on any atom is -0.268 e. The van der Waals surface area contributed by atoms with Gasteiger partial charge in [-0.2, -0.15) is 5.26 Å². The molecule has 3 aliphatic carbocycles. The van der Waals surface area contributed by atoms with E-state index >= 15 is 0 Å². The molecule has 1 aliphatic heterocycles. The van der Waals surface area contributed by atoms with Gasteiger partial charge in [0.05, 0.1) is 16.0 Å². The number of allylic oxidation sites excluding steroid dienone is 5. The fourth-order valence-corrected chi connectivity index (χ4v) is 9.11. The second kappa shape index (κ2) is 12.3. The maximum absolute atomic E-state index is 14.5. The molecule has 3 saturated carbocycles. The van der Waals surface area contributed by atoms with E-state index in [9.17, 15) is 23.6 Å². The van der Waals surface area contributed by atoms with Gasteiger partial charge < -0.3 is 0 Å². The lowest BCUT2D eigenvalue weighted by Gasteiger charge is -2.52. The van der Waals surface area contributed by atoms with E-state index in [0.717, 1.165) is 53.2 Å². The highest BCUT2D eigenvalue weighted by atomic mass is 32.2. The average molecular weight is 638 g/mol. The number of fused-ring (bicyclic) bond motifs is 3. The summed E-state index contributed by atoms with van der Waals surface area (Å²) >= 11 is 1.35. The van der Waals surface area contributed by atoms with Crippen LogP contribution in [0, 0.1) is 28.6 Å². The van der Waals surface area contributed by atoms with Gasteiger partial charge in [-0.05, 0) is 115 Å². The third kappa shape index (κ3) is 5.47. The largest absolute Gasteiger partial charge is 0.292 e. The first-order chi connectivity index (χ1) is 21.7. The van der Waals surface area contributed by atoms with Crippen molar-refractivity contribution in [1.82, 2.24) is 4.31 Å². The number of hydrogen-bond donors (Lipinski definition) is 0. The van der Waals surface area contributed by atoms with Crippen molar-refractivity contribution in [2.45, 2.75) is 62.2 Å². The zero-order chi connectivity index (χ0) is 31.8. The average Bonchev–Trinajstić information content (AvgIpc) is 3.72. The van der Waals surface area contributed by atoms with Crippen molar-refractivity contribution in [2.75, 3.05) is 0 Å². The number of nitrogens with zero attached hydrogens (tertiary/aromatic N) is 3. The van der Waals surface area contributed by atoms with E-state index in [0.29, 0.717) is 46.8 Å². The summed E-state index contributed by atoms with van der Waals surface area (Å²) in [6.07, 6.45) is 8.67. The summed E-state index contributed by atoms with van der Waals surface area (Å²) < 4.78 is 30.6. The van der Waals surface area contributed by atoms with E-state index in [-0.39, 0.29) is 5.41 Å². The van der Waals surface area contributed by atoms with Crippen LogP contribution in [0.2, 0.25) is 0 Å². The lowest BCUT2D eigenvalue weighted by molar-refractivity contribution is -0.134. The van der Waals surface area contributed by atoms with Crippen LogP contribution in [0.25, 0.3) is 11.3 Å². The van der Waals surface area contributed by atoms with Gasteiger partial charge in [-0.15, -0.1) is 16.2 Å². The standard InChI is InChI=1S/C36H32FN3O3S2/c1-3-27(37)9-10-28-22-31(30-13-20-44-32(30)23-38)33(40(28)45(43)29-11-7-24(2)8-12-29)25-5-4-6-26(21-25)35-14-17-36(18-15-35,19-16-35)34(41)39-42/h3-13,20-21H,1,14-19,22H2,2H3/b27-9+,28-10+. The third-order valence-corrected chi connectivity index (χ3v) is 12.0. The van der Waals surface area contributed by atoms with Crippen molar-refractivity contribution in [1.29, 1.82) is 5.26 Å². The van der Waals surface area contributed by atoms with Crippen molar-refractivity contribution in [3.05, 3.63) is 128 Å². The molecule has 45 heavy (non-hydrogen) atoms. The lowest BCUT2D eigenvalue weighted by Crippen LogP contribution is -2.47. The van der Waals surface area contributed by atoms with Gasteiger partial charge in [-0.25, -0.2) is 8.60 Å². The number of carbonyl (C=O) groups is 1. The molecule has 2 aromatic carbocycles.